The van der Waals surface area contributed by atoms with Gasteiger partial charge in [-0.15, -0.1) is 0 Å². The molecule has 0 radical (unpaired) electrons. The van der Waals surface area contributed by atoms with Crippen LogP contribution in [-0.2, 0) is 6.42 Å². The molecule has 0 aliphatic carbocycles. The first kappa shape index (κ1) is 12.6. The highest BCUT2D eigenvalue weighted by Crippen LogP contribution is 2.20. The van der Waals surface area contributed by atoms with Gasteiger partial charge in [0.05, 0.1) is 6.17 Å². The molecule has 1 heterocycles. The number of nitrogens with one attached hydrogen (secondary N) is 2. The topological polar surface area (TPSA) is 24.1 Å². The molecule has 94 valence electrons. The van der Waals surface area contributed by atoms with Crippen LogP contribution in [0.1, 0.15) is 37.8 Å². The van der Waals surface area contributed by atoms with Crippen LogP contribution >= 0.6 is 0 Å². The van der Waals surface area contributed by atoms with E-state index in [-0.39, 0.29) is 0 Å². The number of hydrogen-bond acceptors (Lipinski definition) is 2. The summed E-state index contributed by atoms with van der Waals surface area (Å²) in [6.45, 7) is 8.99. The Labute approximate surface area is 105 Å². The van der Waals surface area contributed by atoms with Gasteiger partial charge in [-0.25, -0.2) is 0 Å². The summed E-state index contributed by atoms with van der Waals surface area (Å²) in [4.78, 5) is 0. The van der Waals surface area contributed by atoms with Crippen molar-refractivity contribution in [2.45, 2.75) is 39.3 Å². The third-order valence-electron chi connectivity index (χ3n) is 3.50. The third kappa shape index (κ3) is 3.30. The molecule has 1 aliphatic rings. The van der Waals surface area contributed by atoms with Crippen LogP contribution in [0.4, 0.5) is 0 Å². The molecule has 1 saturated heterocycles. The van der Waals surface area contributed by atoms with Crippen LogP contribution < -0.4 is 10.6 Å². The summed E-state index contributed by atoms with van der Waals surface area (Å²) in [5.41, 5.74) is 2.87. The lowest BCUT2D eigenvalue weighted by molar-refractivity contribution is 0.475. The van der Waals surface area contributed by atoms with Gasteiger partial charge in [0.1, 0.15) is 0 Å². The van der Waals surface area contributed by atoms with Gasteiger partial charge in [0.25, 0.3) is 0 Å². The Morgan fingerprint density at radius 1 is 1.06 bits per heavy atom. The largest absolute Gasteiger partial charge is 0.300 e. The van der Waals surface area contributed by atoms with E-state index in [0.717, 1.165) is 19.0 Å². The minimum atomic E-state index is 0.436. The van der Waals surface area contributed by atoms with Gasteiger partial charge in [-0.05, 0) is 23.5 Å². The molecule has 2 nitrogen and oxygen atoms in total. The summed E-state index contributed by atoms with van der Waals surface area (Å²) in [5, 5.41) is 6.98. The first-order valence-corrected chi connectivity index (χ1v) is 6.72. The SMILES string of the molecule is CC(C)Cc1ccc(C(C)C2NCCN2)cc1. The zero-order chi connectivity index (χ0) is 12.3. The first-order valence-electron chi connectivity index (χ1n) is 6.72. The number of rotatable bonds is 4. The molecule has 0 spiro atoms. The standard InChI is InChI=1S/C15H24N2/c1-11(2)10-13-4-6-14(7-5-13)12(3)15-16-8-9-17-15/h4-7,11-12,15-17H,8-10H2,1-3H3. The minimum absolute atomic E-state index is 0.436. The highest BCUT2D eigenvalue weighted by atomic mass is 15.2. The minimum Gasteiger partial charge on any atom is -0.300 e. The molecule has 17 heavy (non-hydrogen) atoms. The van der Waals surface area contributed by atoms with E-state index in [2.05, 4.69) is 55.7 Å². The van der Waals surface area contributed by atoms with Crippen LogP contribution in [-0.4, -0.2) is 19.3 Å². The summed E-state index contributed by atoms with van der Waals surface area (Å²) in [5.74, 6) is 1.27. The van der Waals surface area contributed by atoms with E-state index in [1.54, 1.807) is 0 Å². The Morgan fingerprint density at radius 3 is 2.18 bits per heavy atom. The van der Waals surface area contributed by atoms with Crippen LogP contribution in [0.15, 0.2) is 24.3 Å². The van der Waals surface area contributed by atoms with Crippen molar-refractivity contribution in [1.82, 2.24) is 10.6 Å². The van der Waals surface area contributed by atoms with Gasteiger partial charge in [-0.1, -0.05) is 45.0 Å². The average molecular weight is 232 g/mol. The second-order valence-electron chi connectivity index (χ2n) is 5.51. The maximum absolute atomic E-state index is 3.49. The zero-order valence-electron chi connectivity index (χ0n) is 11.2. The fraction of sp³-hybridized carbons (Fsp3) is 0.600. The summed E-state index contributed by atoms with van der Waals surface area (Å²) in [7, 11) is 0. The van der Waals surface area contributed by atoms with E-state index in [9.17, 15) is 0 Å². The molecule has 0 bridgehead atoms. The summed E-state index contributed by atoms with van der Waals surface area (Å²) in [6.07, 6.45) is 1.61. The van der Waals surface area contributed by atoms with Crippen LogP contribution in [0, 0.1) is 5.92 Å². The van der Waals surface area contributed by atoms with Crippen LogP contribution in [0.2, 0.25) is 0 Å². The summed E-state index contributed by atoms with van der Waals surface area (Å²) >= 11 is 0. The molecule has 0 aromatic heterocycles. The van der Waals surface area contributed by atoms with Crippen LogP contribution in [0.25, 0.3) is 0 Å². The molecule has 1 fully saturated rings. The molecule has 2 heteroatoms. The molecule has 2 rings (SSSR count). The molecule has 1 atom stereocenters. The maximum atomic E-state index is 3.49. The van der Waals surface area contributed by atoms with Gasteiger partial charge < -0.3 is 10.6 Å². The van der Waals surface area contributed by atoms with Gasteiger partial charge in [-0.2, -0.15) is 0 Å². The van der Waals surface area contributed by atoms with Crippen molar-refractivity contribution in [2.24, 2.45) is 5.92 Å². The number of hydrogen-bond donors (Lipinski definition) is 2. The van der Waals surface area contributed by atoms with E-state index in [4.69, 9.17) is 0 Å². The van der Waals surface area contributed by atoms with E-state index in [1.165, 1.54) is 17.5 Å². The molecular formula is C15H24N2. The lowest BCUT2D eigenvalue weighted by Gasteiger charge is -2.20. The van der Waals surface area contributed by atoms with Crippen molar-refractivity contribution in [3.8, 4) is 0 Å². The van der Waals surface area contributed by atoms with Crippen molar-refractivity contribution >= 4 is 0 Å². The van der Waals surface area contributed by atoms with Crippen molar-refractivity contribution in [3.63, 3.8) is 0 Å². The molecule has 1 aliphatic heterocycles. The smallest absolute Gasteiger partial charge is 0.0640 e. The Hall–Kier alpha value is -0.860. The Kier molecular flexibility index (Phi) is 4.19. The molecule has 2 N–H and O–H groups in total. The predicted octanol–water partition coefficient (Wildman–Crippen LogP) is 2.51. The molecule has 0 amide bonds. The van der Waals surface area contributed by atoms with Crippen molar-refractivity contribution in [1.29, 1.82) is 0 Å². The van der Waals surface area contributed by atoms with Gasteiger partial charge >= 0.3 is 0 Å². The van der Waals surface area contributed by atoms with E-state index in [1.807, 2.05) is 0 Å². The zero-order valence-corrected chi connectivity index (χ0v) is 11.2. The molecule has 1 aromatic rings. The fourth-order valence-corrected chi connectivity index (χ4v) is 2.50. The maximum Gasteiger partial charge on any atom is 0.0640 e. The fourth-order valence-electron chi connectivity index (χ4n) is 2.50. The monoisotopic (exact) mass is 232 g/mol. The molecule has 1 unspecified atom stereocenters. The van der Waals surface area contributed by atoms with Gasteiger partial charge in [0, 0.05) is 19.0 Å². The third-order valence-corrected chi connectivity index (χ3v) is 3.50. The average Bonchev–Trinajstić information content (AvgIpc) is 2.82. The predicted molar refractivity (Wildman–Crippen MR) is 73.2 cm³/mol. The molecular weight excluding hydrogens is 208 g/mol. The number of benzene rings is 1. The lowest BCUT2D eigenvalue weighted by Crippen LogP contribution is -2.36. The second kappa shape index (κ2) is 5.65. The van der Waals surface area contributed by atoms with E-state index in [0.29, 0.717) is 12.1 Å². The van der Waals surface area contributed by atoms with Crippen molar-refractivity contribution < 1.29 is 0 Å². The normalized spacial score (nSPS) is 18.8. The second-order valence-corrected chi connectivity index (χ2v) is 5.51. The van der Waals surface area contributed by atoms with Crippen molar-refractivity contribution in [3.05, 3.63) is 35.4 Å². The molecule has 1 aromatic carbocycles. The first-order chi connectivity index (χ1) is 8.16. The lowest BCUT2D eigenvalue weighted by atomic mass is 9.95. The highest BCUT2D eigenvalue weighted by molar-refractivity contribution is 5.26. The van der Waals surface area contributed by atoms with E-state index < -0.39 is 0 Å². The summed E-state index contributed by atoms with van der Waals surface area (Å²) in [6, 6.07) is 9.12. The van der Waals surface area contributed by atoms with Gasteiger partial charge in [-0.3, -0.25) is 0 Å². The highest BCUT2D eigenvalue weighted by Gasteiger charge is 2.21. The summed E-state index contributed by atoms with van der Waals surface area (Å²) < 4.78 is 0. The van der Waals surface area contributed by atoms with Gasteiger partial charge in [0.2, 0.25) is 0 Å². The van der Waals surface area contributed by atoms with Crippen LogP contribution in [0.3, 0.4) is 0 Å². The molecule has 0 saturated carbocycles. The quantitative estimate of drug-likeness (QED) is 0.833. The van der Waals surface area contributed by atoms with E-state index >= 15 is 0 Å². The Bertz CT molecular complexity index is 336. The van der Waals surface area contributed by atoms with Crippen LogP contribution in [0.5, 0.6) is 0 Å². The van der Waals surface area contributed by atoms with Gasteiger partial charge in [0.15, 0.2) is 0 Å². The Morgan fingerprint density at radius 2 is 1.65 bits per heavy atom. The Balaban J connectivity index is 2.01. The van der Waals surface area contributed by atoms with Crippen molar-refractivity contribution in [2.75, 3.05) is 13.1 Å².